The Balaban J connectivity index is 1.92. The van der Waals surface area contributed by atoms with Crippen LogP contribution in [0.5, 0.6) is 0 Å². The summed E-state index contributed by atoms with van der Waals surface area (Å²) in [6.07, 6.45) is 0. The van der Waals surface area contributed by atoms with E-state index in [9.17, 15) is 9.59 Å². The molecular formula is C19H13NO3S. The molecule has 0 saturated carbocycles. The topological polar surface area (TPSA) is 52.2 Å². The maximum Gasteiger partial charge on any atom is 0.422 e. The van der Waals surface area contributed by atoms with Crippen LogP contribution >= 0.6 is 11.3 Å². The Labute approximate surface area is 141 Å². The molecule has 2 aromatic heterocycles. The number of fused-ring (bicyclic) bond motifs is 1. The molecule has 0 radical (unpaired) electrons. The molecule has 0 spiro atoms. The predicted molar refractivity (Wildman–Crippen MR) is 95.6 cm³/mol. The summed E-state index contributed by atoms with van der Waals surface area (Å²) < 4.78 is 6.88. The van der Waals surface area contributed by atoms with Crippen molar-refractivity contribution in [1.29, 1.82) is 0 Å². The highest BCUT2D eigenvalue weighted by Gasteiger charge is 2.14. The zero-order valence-electron chi connectivity index (χ0n) is 12.6. The van der Waals surface area contributed by atoms with E-state index in [2.05, 4.69) is 0 Å². The highest BCUT2D eigenvalue weighted by molar-refractivity contribution is 7.22. The first-order valence-corrected chi connectivity index (χ1v) is 8.31. The summed E-state index contributed by atoms with van der Waals surface area (Å²) in [5.74, 6) is -0.631. The van der Waals surface area contributed by atoms with E-state index in [1.54, 1.807) is 0 Å². The van der Waals surface area contributed by atoms with Crippen molar-refractivity contribution in [3.63, 3.8) is 0 Å². The Hall–Kier alpha value is -2.92. The van der Waals surface area contributed by atoms with Crippen molar-refractivity contribution >= 4 is 21.6 Å². The van der Waals surface area contributed by atoms with Crippen LogP contribution in [0.1, 0.15) is 5.56 Å². The molecule has 4 aromatic rings. The van der Waals surface area contributed by atoms with Crippen molar-refractivity contribution < 1.29 is 4.42 Å². The molecular weight excluding hydrogens is 322 g/mol. The lowest BCUT2D eigenvalue weighted by Gasteiger charge is -2.05. The van der Waals surface area contributed by atoms with E-state index in [4.69, 9.17) is 4.42 Å². The third-order valence-electron chi connectivity index (χ3n) is 3.83. The van der Waals surface area contributed by atoms with E-state index >= 15 is 0 Å². The number of aromatic nitrogens is 1. The van der Waals surface area contributed by atoms with Gasteiger partial charge in [-0.2, -0.15) is 0 Å². The standard InChI is InChI=1S/C19H13NO3S/c21-18-17-15(11-16(24-17)14-9-5-2-6-10-14)20(19(22)23-18)12-13-7-3-1-4-8-13/h1-11H,12H2. The first-order chi connectivity index (χ1) is 11.7. The summed E-state index contributed by atoms with van der Waals surface area (Å²) >= 11 is 1.34. The van der Waals surface area contributed by atoms with E-state index in [1.807, 2.05) is 66.7 Å². The highest BCUT2D eigenvalue weighted by atomic mass is 32.1. The third-order valence-corrected chi connectivity index (χ3v) is 4.98. The molecule has 118 valence electrons. The van der Waals surface area contributed by atoms with E-state index < -0.39 is 11.4 Å². The van der Waals surface area contributed by atoms with Crippen LogP contribution in [0.4, 0.5) is 0 Å². The number of benzene rings is 2. The summed E-state index contributed by atoms with van der Waals surface area (Å²) in [5.41, 5.74) is 2.02. The number of hydrogen-bond donors (Lipinski definition) is 0. The van der Waals surface area contributed by atoms with Gasteiger partial charge < -0.3 is 4.42 Å². The van der Waals surface area contributed by atoms with Gasteiger partial charge in [0.25, 0.3) is 0 Å². The fourth-order valence-electron chi connectivity index (χ4n) is 2.67. The van der Waals surface area contributed by atoms with Gasteiger partial charge >= 0.3 is 11.4 Å². The third kappa shape index (κ3) is 2.59. The van der Waals surface area contributed by atoms with E-state index in [1.165, 1.54) is 15.9 Å². The second-order valence-corrected chi connectivity index (χ2v) is 6.47. The van der Waals surface area contributed by atoms with Gasteiger partial charge in [0.05, 0.1) is 12.1 Å². The summed E-state index contributed by atoms with van der Waals surface area (Å²) in [4.78, 5) is 25.2. The molecule has 0 aliphatic rings. The van der Waals surface area contributed by atoms with Crippen LogP contribution in [0, 0.1) is 0 Å². The molecule has 24 heavy (non-hydrogen) atoms. The monoisotopic (exact) mass is 335 g/mol. The Morgan fingerprint density at radius 3 is 2.29 bits per heavy atom. The first kappa shape index (κ1) is 14.7. The molecule has 2 heterocycles. The van der Waals surface area contributed by atoms with Crippen LogP contribution in [0.15, 0.2) is 80.7 Å². The van der Waals surface area contributed by atoms with Crippen molar-refractivity contribution in [2.45, 2.75) is 6.54 Å². The summed E-state index contributed by atoms with van der Waals surface area (Å²) in [6.45, 7) is 0.366. The SMILES string of the molecule is O=c1oc(=O)n(Cc2ccccc2)c2cc(-c3ccccc3)sc12. The van der Waals surface area contributed by atoms with Crippen LogP contribution in [-0.4, -0.2) is 4.57 Å². The van der Waals surface area contributed by atoms with Crippen molar-refractivity contribution in [2.24, 2.45) is 0 Å². The Morgan fingerprint density at radius 1 is 0.917 bits per heavy atom. The second-order valence-electron chi connectivity index (χ2n) is 5.42. The van der Waals surface area contributed by atoms with E-state index in [-0.39, 0.29) is 0 Å². The number of thiophene rings is 1. The lowest BCUT2D eigenvalue weighted by molar-refractivity contribution is 0.426. The van der Waals surface area contributed by atoms with Crippen LogP contribution < -0.4 is 11.4 Å². The molecule has 0 aliphatic carbocycles. The largest absolute Gasteiger partial charge is 0.422 e. The lowest BCUT2D eigenvalue weighted by Crippen LogP contribution is -2.24. The van der Waals surface area contributed by atoms with Gasteiger partial charge in [0.1, 0.15) is 4.70 Å². The van der Waals surface area contributed by atoms with Crippen LogP contribution in [0.25, 0.3) is 20.7 Å². The van der Waals surface area contributed by atoms with Crippen molar-refractivity contribution in [1.82, 2.24) is 4.57 Å². The number of nitrogens with zero attached hydrogens (tertiary/aromatic N) is 1. The quantitative estimate of drug-likeness (QED) is 0.573. The zero-order chi connectivity index (χ0) is 16.5. The molecule has 5 heteroatoms. The summed E-state index contributed by atoms with van der Waals surface area (Å²) in [5, 5.41) is 0. The zero-order valence-corrected chi connectivity index (χ0v) is 13.5. The fraction of sp³-hybridized carbons (Fsp3) is 0.0526. The van der Waals surface area contributed by atoms with Gasteiger partial charge in [-0.05, 0) is 17.2 Å². The van der Waals surface area contributed by atoms with Crippen LogP contribution in [0.3, 0.4) is 0 Å². The molecule has 0 bridgehead atoms. The molecule has 0 aliphatic heterocycles. The van der Waals surface area contributed by atoms with Gasteiger partial charge in [-0.1, -0.05) is 60.7 Å². The number of rotatable bonds is 3. The molecule has 2 aromatic carbocycles. The number of hydrogen-bond acceptors (Lipinski definition) is 4. The second kappa shape index (κ2) is 5.94. The van der Waals surface area contributed by atoms with Gasteiger partial charge in [0.15, 0.2) is 0 Å². The molecule has 0 amide bonds. The minimum atomic E-state index is -0.631. The van der Waals surface area contributed by atoms with Gasteiger partial charge in [-0.15, -0.1) is 11.3 Å². The highest BCUT2D eigenvalue weighted by Crippen LogP contribution is 2.31. The van der Waals surface area contributed by atoms with Gasteiger partial charge in [-0.3, -0.25) is 4.57 Å². The van der Waals surface area contributed by atoms with E-state index in [0.717, 1.165) is 16.0 Å². The molecule has 0 fully saturated rings. The molecule has 4 nitrogen and oxygen atoms in total. The average Bonchev–Trinajstić information content (AvgIpc) is 3.06. The Kier molecular flexibility index (Phi) is 3.63. The van der Waals surface area contributed by atoms with E-state index in [0.29, 0.717) is 16.8 Å². The van der Waals surface area contributed by atoms with Crippen LogP contribution in [-0.2, 0) is 6.54 Å². The van der Waals surface area contributed by atoms with Crippen molar-refractivity contribution in [2.75, 3.05) is 0 Å². The average molecular weight is 335 g/mol. The van der Waals surface area contributed by atoms with Crippen molar-refractivity contribution in [3.05, 3.63) is 93.3 Å². The predicted octanol–water partition coefficient (Wildman–Crippen LogP) is 3.73. The first-order valence-electron chi connectivity index (χ1n) is 7.49. The van der Waals surface area contributed by atoms with Gasteiger partial charge in [0.2, 0.25) is 0 Å². The normalized spacial score (nSPS) is 11.0. The minimum Gasteiger partial charge on any atom is -0.371 e. The maximum atomic E-state index is 12.2. The minimum absolute atomic E-state index is 0.366. The Bertz CT molecular complexity index is 1110. The summed E-state index contributed by atoms with van der Waals surface area (Å²) in [6, 6.07) is 21.3. The molecule has 0 N–H and O–H groups in total. The van der Waals surface area contributed by atoms with Gasteiger partial charge in [0, 0.05) is 4.88 Å². The Morgan fingerprint density at radius 2 is 1.58 bits per heavy atom. The van der Waals surface area contributed by atoms with Crippen molar-refractivity contribution in [3.8, 4) is 10.4 Å². The molecule has 0 saturated heterocycles. The van der Waals surface area contributed by atoms with Crippen LogP contribution in [0.2, 0.25) is 0 Å². The fourth-order valence-corrected chi connectivity index (χ4v) is 3.71. The lowest BCUT2D eigenvalue weighted by atomic mass is 10.2. The molecule has 0 unspecified atom stereocenters. The van der Waals surface area contributed by atoms with Gasteiger partial charge in [-0.25, -0.2) is 9.59 Å². The maximum absolute atomic E-state index is 12.2. The smallest absolute Gasteiger partial charge is 0.371 e. The molecule has 4 rings (SSSR count). The summed E-state index contributed by atoms with van der Waals surface area (Å²) in [7, 11) is 0. The molecule has 0 atom stereocenters.